The lowest BCUT2D eigenvalue weighted by molar-refractivity contribution is 0.158. The van der Waals surface area contributed by atoms with E-state index in [0.717, 1.165) is 29.5 Å². The van der Waals surface area contributed by atoms with E-state index >= 15 is 0 Å². The van der Waals surface area contributed by atoms with Crippen LogP contribution in [-0.2, 0) is 6.42 Å². The van der Waals surface area contributed by atoms with E-state index in [9.17, 15) is 5.11 Å². The summed E-state index contributed by atoms with van der Waals surface area (Å²) < 4.78 is 0. The molecule has 1 heterocycles. The Hall–Kier alpha value is -0.410. The van der Waals surface area contributed by atoms with Crippen molar-refractivity contribution in [1.29, 1.82) is 0 Å². The van der Waals surface area contributed by atoms with Crippen LogP contribution in [0.25, 0.3) is 0 Å². The van der Waals surface area contributed by atoms with Crippen LogP contribution in [0.3, 0.4) is 0 Å². The van der Waals surface area contributed by atoms with Gasteiger partial charge in [0.15, 0.2) is 0 Å². The Morgan fingerprint density at radius 3 is 2.71 bits per heavy atom. The Morgan fingerprint density at radius 2 is 2.21 bits per heavy atom. The highest BCUT2D eigenvalue weighted by atomic mass is 32.1. The maximum Gasteiger partial charge on any atom is 0.0956 e. The highest BCUT2D eigenvalue weighted by Gasteiger charge is 2.25. The van der Waals surface area contributed by atoms with Gasteiger partial charge < -0.3 is 5.11 Å². The van der Waals surface area contributed by atoms with Gasteiger partial charge in [0.05, 0.1) is 16.8 Å². The van der Waals surface area contributed by atoms with Gasteiger partial charge in [-0.15, -0.1) is 11.3 Å². The fraction of sp³-hybridized carbons (Fsp3) is 0.727. The van der Waals surface area contributed by atoms with Gasteiger partial charge in [-0.05, 0) is 26.2 Å². The summed E-state index contributed by atoms with van der Waals surface area (Å²) >= 11 is 1.72. The number of hydrogen-bond acceptors (Lipinski definition) is 3. The smallest absolute Gasteiger partial charge is 0.0956 e. The molecular formula is C11H17NOS. The minimum atomic E-state index is -0.174. The van der Waals surface area contributed by atoms with Gasteiger partial charge >= 0.3 is 0 Å². The molecule has 2 rings (SSSR count). The fourth-order valence-electron chi connectivity index (χ4n) is 1.65. The molecule has 2 nitrogen and oxygen atoms in total. The molecule has 78 valence electrons. The highest BCUT2D eigenvalue weighted by molar-refractivity contribution is 7.11. The Balaban J connectivity index is 1.88. The van der Waals surface area contributed by atoms with Gasteiger partial charge in [-0.25, -0.2) is 4.98 Å². The monoisotopic (exact) mass is 211 g/mol. The quantitative estimate of drug-likeness (QED) is 0.830. The molecule has 0 aliphatic heterocycles. The number of aryl methyl sites for hydroxylation is 2. The predicted octanol–water partition coefficient (Wildman–Crippen LogP) is 2.46. The lowest BCUT2D eigenvalue weighted by atomic mass is 10.1. The molecule has 1 atom stereocenters. The minimum Gasteiger partial charge on any atom is -0.393 e. The summed E-state index contributed by atoms with van der Waals surface area (Å²) in [6.45, 7) is 4.12. The zero-order valence-corrected chi connectivity index (χ0v) is 9.60. The summed E-state index contributed by atoms with van der Waals surface area (Å²) in [6, 6.07) is 0. The van der Waals surface area contributed by atoms with Gasteiger partial charge in [-0.1, -0.05) is 12.8 Å². The van der Waals surface area contributed by atoms with Crippen molar-refractivity contribution in [3.63, 3.8) is 0 Å². The first kappa shape index (κ1) is 10.1. The van der Waals surface area contributed by atoms with Crippen molar-refractivity contribution in [2.75, 3.05) is 0 Å². The molecule has 1 fully saturated rings. The van der Waals surface area contributed by atoms with Crippen molar-refractivity contribution in [3.8, 4) is 0 Å². The van der Waals surface area contributed by atoms with Crippen molar-refractivity contribution in [2.24, 2.45) is 5.92 Å². The molecule has 0 radical (unpaired) electrons. The average molecular weight is 211 g/mol. The maximum atomic E-state index is 9.78. The van der Waals surface area contributed by atoms with E-state index in [0.29, 0.717) is 0 Å². The van der Waals surface area contributed by atoms with Gasteiger partial charge in [-0.2, -0.15) is 0 Å². The maximum absolute atomic E-state index is 9.78. The molecule has 0 spiro atoms. The van der Waals surface area contributed by atoms with E-state index in [1.807, 2.05) is 6.92 Å². The van der Waals surface area contributed by atoms with Crippen molar-refractivity contribution in [1.82, 2.24) is 4.98 Å². The van der Waals surface area contributed by atoms with Gasteiger partial charge in [0.1, 0.15) is 0 Å². The molecular weight excluding hydrogens is 194 g/mol. The molecule has 3 heteroatoms. The van der Waals surface area contributed by atoms with Crippen LogP contribution < -0.4 is 0 Å². The third kappa shape index (κ3) is 2.55. The second-order valence-corrected chi connectivity index (χ2v) is 5.57. The number of nitrogens with zero attached hydrogens (tertiary/aromatic N) is 1. The number of hydrogen-bond donors (Lipinski definition) is 1. The number of aliphatic hydroxyl groups excluding tert-OH is 1. The first-order valence-electron chi connectivity index (χ1n) is 5.26. The van der Waals surface area contributed by atoms with Crippen molar-refractivity contribution < 1.29 is 5.11 Å². The van der Waals surface area contributed by atoms with Crippen LogP contribution in [0.1, 0.15) is 34.8 Å². The van der Waals surface area contributed by atoms with E-state index in [1.54, 1.807) is 11.3 Å². The molecule has 1 aromatic heterocycles. The van der Waals surface area contributed by atoms with Gasteiger partial charge in [-0.3, -0.25) is 0 Å². The lowest BCUT2D eigenvalue weighted by Crippen LogP contribution is -2.10. The van der Waals surface area contributed by atoms with Crippen LogP contribution in [-0.4, -0.2) is 16.2 Å². The normalized spacial score (nSPS) is 18.5. The minimum absolute atomic E-state index is 0.174. The zero-order valence-electron chi connectivity index (χ0n) is 8.79. The third-order valence-corrected chi connectivity index (χ3v) is 3.88. The highest BCUT2D eigenvalue weighted by Crippen LogP contribution is 2.34. The molecule has 1 aromatic rings. The van der Waals surface area contributed by atoms with Crippen molar-refractivity contribution in [2.45, 2.75) is 45.6 Å². The molecule has 1 aliphatic carbocycles. The van der Waals surface area contributed by atoms with E-state index in [1.165, 1.54) is 17.7 Å². The van der Waals surface area contributed by atoms with Crippen molar-refractivity contribution in [3.05, 3.63) is 15.6 Å². The lowest BCUT2D eigenvalue weighted by Gasteiger charge is -2.06. The standard InChI is InChI=1S/C11H17NOS/c1-7-8(2)14-11(12-7)6-10(13)5-9-3-4-9/h9-10,13H,3-6H2,1-2H3. The molecule has 0 saturated heterocycles. The van der Waals surface area contributed by atoms with Crippen molar-refractivity contribution >= 4 is 11.3 Å². The van der Waals surface area contributed by atoms with Crippen LogP contribution in [0.15, 0.2) is 0 Å². The zero-order chi connectivity index (χ0) is 10.1. The Morgan fingerprint density at radius 1 is 1.50 bits per heavy atom. The summed E-state index contributed by atoms with van der Waals surface area (Å²) in [6.07, 6.45) is 4.17. The van der Waals surface area contributed by atoms with Crippen LogP contribution in [0.2, 0.25) is 0 Å². The molecule has 1 unspecified atom stereocenters. The topological polar surface area (TPSA) is 33.1 Å². The van der Waals surface area contributed by atoms with Crippen LogP contribution in [0.4, 0.5) is 0 Å². The Bertz CT molecular complexity index is 298. The van der Waals surface area contributed by atoms with Gasteiger partial charge in [0.2, 0.25) is 0 Å². The van der Waals surface area contributed by atoms with Crippen LogP contribution in [0.5, 0.6) is 0 Å². The molecule has 0 amide bonds. The van der Waals surface area contributed by atoms with Crippen LogP contribution >= 0.6 is 11.3 Å². The second-order valence-electron chi connectivity index (χ2n) is 4.29. The second kappa shape index (κ2) is 3.99. The van der Waals surface area contributed by atoms with E-state index in [2.05, 4.69) is 11.9 Å². The van der Waals surface area contributed by atoms with E-state index in [-0.39, 0.29) is 6.10 Å². The number of rotatable bonds is 4. The fourth-order valence-corrected chi connectivity index (χ4v) is 2.65. The SMILES string of the molecule is Cc1nc(CC(O)CC2CC2)sc1C. The molecule has 1 aliphatic rings. The Kier molecular flexibility index (Phi) is 2.88. The Labute approximate surface area is 89.0 Å². The van der Waals surface area contributed by atoms with Gasteiger partial charge in [0, 0.05) is 11.3 Å². The number of thiazole rings is 1. The summed E-state index contributed by atoms with van der Waals surface area (Å²) in [5.41, 5.74) is 1.11. The number of aromatic nitrogens is 1. The third-order valence-electron chi connectivity index (χ3n) is 2.79. The summed E-state index contributed by atoms with van der Waals surface area (Å²) in [5.74, 6) is 0.798. The molecule has 0 aromatic carbocycles. The first-order valence-corrected chi connectivity index (χ1v) is 6.07. The molecule has 1 N–H and O–H groups in total. The van der Waals surface area contributed by atoms with E-state index < -0.39 is 0 Å². The van der Waals surface area contributed by atoms with Crippen LogP contribution in [0, 0.1) is 19.8 Å². The van der Waals surface area contributed by atoms with Gasteiger partial charge in [0.25, 0.3) is 0 Å². The number of aliphatic hydroxyl groups is 1. The molecule has 0 bridgehead atoms. The summed E-state index contributed by atoms with van der Waals surface area (Å²) in [4.78, 5) is 5.71. The summed E-state index contributed by atoms with van der Waals surface area (Å²) in [5, 5.41) is 10.9. The summed E-state index contributed by atoms with van der Waals surface area (Å²) in [7, 11) is 0. The molecule has 14 heavy (non-hydrogen) atoms. The average Bonchev–Trinajstić information content (AvgIpc) is 2.82. The molecule has 1 saturated carbocycles. The largest absolute Gasteiger partial charge is 0.393 e. The van der Waals surface area contributed by atoms with E-state index in [4.69, 9.17) is 0 Å². The first-order chi connectivity index (χ1) is 6.65. The predicted molar refractivity (Wildman–Crippen MR) is 58.6 cm³/mol.